The van der Waals surface area contributed by atoms with Gasteiger partial charge in [-0.2, -0.15) is 0 Å². The zero-order valence-corrected chi connectivity index (χ0v) is 23.3. The summed E-state index contributed by atoms with van der Waals surface area (Å²) in [5.41, 5.74) is 3.76. The first kappa shape index (κ1) is 25.6. The van der Waals surface area contributed by atoms with Gasteiger partial charge in [0.25, 0.3) is 0 Å². The van der Waals surface area contributed by atoms with E-state index in [2.05, 4.69) is 55.3 Å². The van der Waals surface area contributed by atoms with E-state index in [1.165, 1.54) is 11.1 Å². The number of rotatable bonds is 4. The normalized spacial score (nSPS) is 40.9. The molecule has 0 N–H and O–H groups in total. The summed E-state index contributed by atoms with van der Waals surface area (Å²) in [6, 6.07) is 8.47. The number of nitrogens with zero attached hydrogens (tertiary/aromatic N) is 3. The number of hydrogen-bond acceptors (Lipinski definition) is 8. The lowest BCUT2D eigenvalue weighted by atomic mass is 9.58. The van der Waals surface area contributed by atoms with Crippen LogP contribution in [0.3, 0.4) is 0 Å². The quantitative estimate of drug-likeness (QED) is 0.416. The highest BCUT2D eigenvalue weighted by Gasteiger charge is 2.69. The zero-order chi connectivity index (χ0) is 26.9. The van der Waals surface area contributed by atoms with Crippen molar-refractivity contribution >= 4 is 5.97 Å². The number of fused-ring (bicyclic) bond motifs is 3. The Labute approximate surface area is 229 Å². The van der Waals surface area contributed by atoms with Crippen molar-refractivity contribution in [2.24, 2.45) is 29.6 Å². The Morgan fingerprint density at radius 1 is 1.10 bits per heavy atom. The number of esters is 1. The van der Waals surface area contributed by atoms with Crippen molar-refractivity contribution in [1.82, 2.24) is 15.0 Å². The first-order valence-electron chi connectivity index (χ1n) is 14.6. The number of aryl methyl sites for hydroxylation is 1. The van der Waals surface area contributed by atoms with Gasteiger partial charge in [0.2, 0.25) is 12.1 Å². The molecule has 39 heavy (non-hydrogen) atoms. The number of ether oxygens (including phenoxy) is 3. The molecule has 9 nitrogen and oxygen atoms in total. The van der Waals surface area contributed by atoms with Gasteiger partial charge < -0.3 is 14.2 Å². The number of aromatic nitrogens is 3. The Hall–Kier alpha value is -2.33. The lowest BCUT2D eigenvalue weighted by Crippen LogP contribution is -2.70. The molecule has 0 amide bonds. The maximum atomic E-state index is 13.5. The van der Waals surface area contributed by atoms with Crippen LogP contribution in [0.1, 0.15) is 75.4 Å². The van der Waals surface area contributed by atoms with E-state index in [9.17, 15) is 4.79 Å². The van der Waals surface area contributed by atoms with Crippen molar-refractivity contribution in [3.8, 4) is 0 Å². The summed E-state index contributed by atoms with van der Waals surface area (Å²) in [5.74, 6) is -0.495. The molecule has 5 fully saturated rings. The third-order valence-electron chi connectivity index (χ3n) is 10.2. The van der Waals surface area contributed by atoms with Crippen LogP contribution in [-0.4, -0.2) is 44.9 Å². The molecule has 5 heterocycles. The van der Waals surface area contributed by atoms with E-state index in [4.69, 9.17) is 24.0 Å². The Kier molecular flexibility index (Phi) is 6.15. The number of carbonyl (C=O) groups is 1. The maximum absolute atomic E-state index is 13.5. The molecule has 4 aliphatic heterocycles. The smallest absolute Gasteiger partial charge is 0.311 e. The van der Waals surface area contributed by atoms with Crippen LogP contribution in [0.5, 0.6) is 0 Å². The van der Waals surface area contributed by atoms with Crippen molar-refractivity contribution in [2.75, 3.05) is 0 Å². The van der Waals surface area contributed by atoms with E-state index < -0.39 is 24.0 Å². The fourth-order valence-electron chi connectivity index (χ4n) is 7.86. The minimum absolute atomic E-state index is 0.0376. The van der Waals surface area contributed by atoms with Gasteiger partial charge in [0.05, 0.1) is 23.9 Å². The molecule has 4 saturated heterocycles. The number of carbonyl (C=O) groups excluding carboxylic acids is 1. The second-order valence-corrected chi connectivity index (χ2v) is 12.8. The van der Waals surface area contributed by atoms with Crippen molar-refractivity contribution < 1.29 is 28.8 Å². The predicted molar refractivity (Wildman–Crippen MR) is 139 cm³/mol. The predicted octanol–water partition coefficient (Wildman–Crippen LogP) is 4.49. The topological polar surface area (TPSA) is 93.9 Å². The minimum Gasteiger partial charge on any atom is -0.435 e. The molecule has 9 heteroatoms. The molecule has 210 valence electrons. The second kappa shape index (κ2) is 9.36. The third kappa shape index (κ3) is 4.15. The van der Waals surface area contributed by atoms with Crippen LogP contribution < -0.4 is 0 Å². The van der Waals surface area contributed by atoms with Gasteiger partial charge in [-0.05, 0) is 63.4 Å². The van der Waals surface area contributed by atoms with Crippen molar-refractivity contribution in [3.05, 3.63) is 46.8 Å². The highest BCUT2D eigenvalue weighted by molar-refractivity contribution is 5.73. The molecule has 0 radical (unpaired) electrons. The molecule has 1 unspecified atom stereocenters. The minimum atomic E-state index is -0.850. The molecule has 2 aromatic rings. The average Bonchev–Trinajstić information content (AvgIpc) is 3.18. The third-order valence-corrected chi connectivity index (χ3v) is 10.2. The van der Waals surface area contributed by atoms with Crippen LogP contribution in [-0.2, 0) is 48.2 Å². The van der Waals surface area contributed by atoms with E-state index >= 15 is 0 Å². The monoisotopic (exact) mass is 537 g/mol. The van der Waals surface area contributed by atoms with Crippen LogP contribution in [0.15, 0.2) is 24.3 Å². The summed E-state index contributed by atoms with van der Waals surface area (Å²) in [5, 5.41) is 8.84. The molecule has 1 aromatic carbocycles. The average molecular weight is 538 g/mol. The van der Waals surface area contributed by atoms with Gasteiger partial charge in [-0.1, -0.05) is 48.9 Å². The van der Waals surface area contributed by atoms with Crippen molar-refractivity contribution in [2.45, 2.75) is 103 Å². The summed E-state index contributed by atoms with van der Waals surface area (Å²) in [6.45, 7) is 9.07. The zero-order valence-electron chi connectivity index (χ0n) is 23.3. The largest absolute Gasteiger partial charge is 0.435 e. The molecule has 9 atom stereocenters. The SMILES string of the molecule is Cc1ccc(Cn2nnc3c2CCC(C(=O)O[C@@H]2O[C@@H]4O[C@@]5(C)CC[C@H]6[C@H](C)CC[C@@H]([C@H]2C)[C@@]46OO5)C3)cc1. The number of hydrogen-bond donors (Lipinski definition) is 0. The maximum Gasteiger partial charge on any atom is 0.311 e. The lowest BCUT2D eigenvalue weighted by Gasteiger charge is -2.60. The summed E-state index contributed by atoms with van der Waals surface area (Å²) in [7, 11) is 0. The molecular weight excluding hydrogens is 498 g/mol. The van der Waals surface area contributed by atoms with E-state index in [0.29, 0.717) is 25.3 Å². The molecule has 8 rings (SSSR count). The first-order chi connectivity index (χ1) is 18.8. The first-order valence-corrected chi connectivity index (χ1v) is 14.6. The lowest BCUT2D eigenvalue weighted by molar-refractivity contribution is -0.576. The van der Waals surface area contributed by atoms with Crippen LogP contribution >= 0.6 is 0 Å². The van der Waals surface area contributed by atoms with E-state index in [-0.39, 0.29) is 29.6 Å². The molecule has 2 aliphatic carbocycles. The highest BCUT2D eigenvalue weighted by Crippen LogP contribution is 2.60. The van der Waals surface area contributed by atoms with Crippen LogP contribution in [0.25, 0.3) is 0 Å². The Morgan fingerprint density at radius 3 is 2.74 bits per heavy atom. The van der Waals surface area contributed by atoms with Gasteiger partial charge in [0, 0.05) is 24.7 Å². The fourth-order valence-corrected chi connectivity index (χ4v) is 7.86. The molecule has 2 bridgehead atoms. The van der Waals surface area contributed by atoms with Gasteiger partial charge in [0.1, 0.15) is 0 Å². The van der Waals surface area contributed by atoms with Gasteiger partial charge in [-0.25, -0.2) is 14.5 Å². The molecular formula is C30H39N3O6. The summed E-state index contributed by atoms with van der Waals surface area (Å²) in [6.07, 6.45) is 4.48. The Bertz CT molecular complexity index is 1250. The highest BCUT2D eigenvalue weighted by atomic mass is 17.3. The van der Waals surface area contributed by atoms with Crippen molar-refractivity contribution in [3.63, 3.8) is 0 Å². The summed E-state index contributed by atoms with van der Waals surface area (Å²) < 4.78 is 21.0. The van der Waals surface area contributed by atoms with E-state index in [1.807, 2.05) is 11.6 Å². The van der Waals surface area contributed by atoms with E-state index in [0.717, 1.165) is 43.5 Å². The number of benzene rings is 1. The van der Waals surface area contributed by atoms with Crippen LogP contribution in [0.2, 0.25) is 0 Å². The van der Waals surface area contributed by atoms with Crippen LogP contribution in [0, 0.1) is 36.5 Å². The molecule has 6 aliphatic rings. The summed E-state index contributed by atoms with van der Waals surface area (Å²) >= 11 is 0. The second-order valence-electron chi connectivity index (χ2n) is 12.8. The fraction of sp³-hybridized carbons (Fsp3) is 0.700. The van der Waals surface area contributed by atoms with Gasteiger partial charge in [-0.15, -0.1) is 5.10 Å². The van der Waals surface area contributed by atoms with Gasteiger partial charge in [-0.3, -0.25) is 4.79 Å². The van der Waals surface area contributed by atoms with Gasteiger partial charge >= 0.3 is 5.97 Å². The standard InChI is InChI=1S/C30H39N3O6/c1-17-5-8-20(9-6-17)16-33-25-12-10-21(15-24(25)31-32-33)26(34)35-27-19(3)23-11-7-18(2)22-13-14-29(4)37-28(36-27)30(22,23)39-38-29/h5-6,8-9,18-19,21-23,27-28H,7,10-16H2,1-4H3/t18-,19-,21?,22+,23+,27-,28-,29-,30-/m1/s1. The van der Waals surface area contributed by atoms with Crippen molar-refractivity contribution in [1.29, 1.82) is 0 Å². The summed E-state index contributed by atoms with van der Waals surface area (Å²) in [4.78, 5) is 25.6. The van der Waals surface area contributed by atoms with Crippen LogP contribution in [0.4, 0.5) is 0 Å². The molecule has 1 saturated carbocycles. The van der Waals surface area contributed by atoms with Gasteiger partial charge in [0.15, 0.2) is 11.9 Å². The molecule has 1 spiro atoms. The Morgan fingerprint density at radius 2 is 1.92 bits per heavy atom. The van der Waals surface area contributed by atoms with E-state index in [1.54, 1.807) is 0 Å². The Balaban J connectivity index is 1.05. The molecule has 1 aromatic heterocycles.